The third kappa shape index (κ3) is 5.63. The van der Waals surface area contributed by atoms with Gasteiger partial charge in [-0.25, -0.2) is 4.39 Å². The van der Waals surface area contributed by atoms with Gasteiger partial charge in [0.2, 0.25) is 0 Å². The molecule has 1 unspecified atom stereocenters. The number of aliphatic hydroxyl groups is 1. The molecule has 4 rings (SSSR count). The van der Waals surface area contributed by atoms with Crippen LogP contribution in [0.5, 0.6) is 11.5 Å². The molecule has 1 N–H and O–H groups in total. The molecular formula is C29H29FN2O5. The normalized spacial score (nSPS) is 16.7. The number of carbonyl (C=O) groups is 2. The van der Waals surface area contributed by atoms with E-state index in [9.17, 15) is 19.1 Å². The molecule has 1 fully saturated rings. The first-order valence-corrected chi connectivity index (χ1v) is 12.2. The third-order valence-corrected chi connectivity index (χ3v) is 6.25. The maximum absolute atomic E-state index is 14.4. The Morgan fingerprint density at radius 2 is 1.89 bits per heavy atom. The minimum absolute atomic E-state index is 0.000320. The molecule has 1 saturated heterocycles. The number of pyridine rings is 1. The molecule has 0 bridgehead atoms. The number of amides is 1. The standard InChI is InChI=1S/C29H29FN2O5/c1-3-4-5-15-37-22-11-8-20(9-12-22)26-25(27(33)21-10-13-24(36-2)23(30)16-21)28(34)29(35)32(26)18-19-7-6-14-31-17-19/h6-14,16-17,26,33H,3-5,15,18H2,1-2H3/b27-25+. The second-order valence-corrected chi connectivity index (χ2v) is 8.76. The fraction of sp³-hybridized carbons (Fsp3) is 0.276. The van der Waals surface area contributed by atoms with Gasteiger partial charge in [0.25, 0.3) is 11.7 Å². The highest BCUT2D eigenvalue weighted by Crippen LogP contribution is 2.41. The number of aromatic nitrogens is 1. The Hall–Kier alpha value is -4.20. The van der Waals surface area contributed by atoms with Crippen molar-refractivity contribution in [2.75, 3.05) is 13.7 Å². The number of rotatable bonds is 10. The highest BCUT2D eigenvalue weighted by Gasteiger charge is 2.46. The first-order valence-electron chi connectivity index (χ1n) is 12.2. The van der Waals surface area contributed by atoms with Crippen LogP contribution in [0, 0.1) is 5.82 Å². The van der Waals surface area contributed by atoms with Crippen molar-refractivity contribution in [3.05, 3.63) is 95.1 Å². The second kappa shape index (κ2) is 11.7. The van der Waals surface area contributed by atoms with Crippen LogP contribution in [0.2, 0.25) is 0 Å². The number of benzene rings is 2. The van der Waals surface area contributed by atoms with E-state index in [1.54, 1.807) is 48.8 Å². The van der Waals surface area contributed by atoms with Crippen LogP contribution < -0.4 is 9.47 Å². The predicted octanol–water partition coefficient (Wildman–Crippen LogP) is 5.42. The Kier molecular flexibility index (Phi) is 8.18. The number of likely N-dealkylation sites (tertiary alicyclic amines) is 1. The van der Waals surface area contributed by atoms with Crippen LogP contribution in [0.4, 0.5) is 4.39 Å². The molecule has 2 heterocycles. The summed E-state index contributed by atoms with van der Waals surface area (Å²) in [5.74, 6) is -2.09. The minimum atomic E-state index is -0.889. The maximum atomic E-state index is 14.4. The van der Waals surface area contributed by atoms with Gasteiger partial charge in [0.1, 0.15) is 11.5 Å². The number of ketones is 1. The van der Waals surface area contributed by atoms with Crippen LogP contribution in [0.1, 0.15) is 48.9 Å². The summed E-state index contributed by atoms with van der Waals surface area (Å²) in [5, 5.41) is 11.2. The van der Waals surface area contributed by atoms with E-state index < -0.39 is 29.3 Å². The lowest BCUT2D eigenvalue weighted by Crippen LogP contribution is -2.29. The van der Waals surface area contributed by atoms with Crippen molar-refractivity contribution >= 4 is 17.4 Å². The van der Waals surface area contributed by atoms with Crippen LogP contribution in [-0.4, -0.2) is 40.4 Å². The van der Waals surface area contributed by atoms with Crippen LogP contribution in [0.25, 0.3) is 5.76 Å². The molecule has 0 spiro atoms. The lowest BCUT2D eigenvalue weighted by Gasteiger charge is -2.25. The molecule has 0 saturated carbocycles. The molecule has 8 heteroatoms. The molecule has 0 radical (unpaired) electrons. The quantitative estimate of drug-likeness (QED) is 0.172. The molecule has 7 nitrogen and oxygen atoms in total. The number of ether oxygens (including phenoxy) is 2. The Bertz CT molecular complexity index is 1290. The van der Waals surface area contributed by atoms with Crippen molar-refractivity contribution in [1.82, 2.24) is 9.88 Å². The van der Waals surface area contributed by atoms with E-state index in [1.165, 1.54) is 24.1 Å². The van der Waals surface area contributed by atoms with Gasteiger partial charge in [0, 0.05) is 24.5 Å². The van der Waals surface area contributed by atoms with Gasteiger partial charge >= 0.3 is 0 Å². The van der Waals surface area contributed by atoms with E-state index in [1.807, 2.05) is 0 Å². The van der Waals surface area contributed by atoms with Crippen molar-refractivity contribution in [1.29, 1.82) is 0 Å². The molecule has 1 aliphatic rings. The summed E-state index contributed by atoms with van der Waals surface area (Å²) in [6.07, 6.45) is 6.35. The Morgan fingerprint density at radius 3 is 2.54 bits per heavy atom. The van der Waals surface area contributed by atoms with Crippen LogP contribution in [0.3, 0.4) is 0 Å². The largest absolute Gasteiger partial charge is 0.507 e. The van der Waals surface area contributed by atoms with E-state index in [0.29, 0.717) is 17.9 Å². The first-order chi connectivity index (χ1) is 17.9. The number of nitrogens with zero attached hydrogens (tertiary/aromatic N) is 2. The number of methoxy groups -OCH3 is 1. The van der Waals surface area contributed by atoms with Crippen molar-refractivity contribution < 1.29 is 28.6 Å². The third-order valence-electron chi connectivity index (χ3n) is 6.25. The number of carbonyl (C=O) groups excluding carboxylic acids is 2. The molecular weight excluding hydrogens is 475 g/mol. The number of halogens is 1. The van der Waals surface area contributed by atoms with Gasteiger partial charge < -0.3 is 19.5 Å². The molecule has 37 heavy (non-hydrogen) atoms. The molecule has 192 valence electrons. The summed E-state index contributed by atoms with van der Waals surface area (Å²) >= 11 is 0. The average molecular weight is 505 g/mol. The van der Waals surface area contributed by atoms with Gasteiger partial charge in [0.05, 0.1) is 25.3 Å². The van der Waals surface area contributed by atoms with E-state index in [0.717, 1.165) is 30.9 Å². The molecule has 1 amide bonds. The van der Waals surface area contributed by atoms with E-state index >= 15 is 0 Å². The molecule has 3 aromatic rings. The van der Waals surface area contributed by atoms with E-state index in [-0.39, 0.29) is 23.4 Å². The lowest BCUT2D eigenvalue weighted by molar-refractivity contribution is -0.140. The summed E-state index contributed by atoms with van der Waals surface area (Å²) in [7, 11) is 1.33. The minimum Gasteiger partial charge on any atom is -0.507 e. The second-order valence-electron chi connectivity index (χ2n) is 8.76. The van der Waals surface area contributed by atoms with Crippen molar-refractivity contribution in [3.8, 4) is 11.5 Å². The fourth-order valence-corrected chi connectivity index (χ4v) is 4.34. The Morgan fingerprint density at radius 1 is 1.11 bits per heavy atom. The summed E-state index contributed by atoms with van der Waals surface area (Å²) in [5.41, 5.74) is 1.29. The zero-order valence-corrected chi connectivity index (χ0v) is 20.8. The van der Waals surface area contributed by atoms with Gasteiger partial charge in [-0.1, -0.05) is 38.0 Å². The van der Waals surface area contributed by atoms with Gasteiger partial charge in [-0.3, -0.25) is 14.6 Å². The first kappa shape index (κ1) is 25.9. The number of unbranched alkanes of at least 4 members (excludes halogenated alkanes) is 2. The zero-order valence-electron chi connectivity index (χ0n) is 20.8. The number of hydrogen-bond donors (Lipinski definition) is 1. The summed E-state index contributed by atoms with van der Waals surface area (Å²) in [4.78, 5) is 31.9. The van der Waals surface area contributed by atoms with Crippen LogP contribution >= 0.6 is 0 Å². The Labute approximate surface area is 215 Å². The fourth-order valence-electron chi connectivity index (χ4n) is 4.34. The van der Waals surface area contributed by atoms with E-state index in [2.05, 4.69) is 11.9 Å². The van der Waals surface area contributed by atoms with Gasteiger partial charge in [-0.05, 0) is 53.9 Å². The van der Waals surface area contributed by atoms with Crippen molar-refractivity contribution in [2.24, 2.45) is 0 Å². The molecule has 0 aliphatic carbocycles. The van der Waals surface area contributed by atoms with Gasteiger partial charge in [-0.2, -0.15) is 0 Å². The lowest BCUT2D eigenvalue weighted by atomic mass is 9.95. The number of Topliss-reactive ketones (excluding diaryl/α,β-unsaturated/α-hetero) is 1. The average Bonchev–Trinajstić information content (AvgIpc) is 3.16. The topological polar surface area (TPSA) is 89.0 Å². The Balaban J connectivity index is 1.74. The smallest absolute Gasteiger partial charge is 0.295 e. The van der Waals surface area contributed by atoms with Gasteiger partial charge in [-0.15, -0.1) is 0 Å². The number of aliphatic hydroxyl groups excluding tert-OH is 1. The van der Waals surface area contributed by atoms with Crippen molar-refractivity contribution in [2.45, 2.75) is 38.8 Å². The monoisotopic (exact) mass is 504 g/mol. The zero-order chi connectivity index (χ0) is 26.4. The predicted molar refractivity (Wildman–Crippen MR) is 136 cm³/mol. The summed E-state index contributed by atoms with van der Waals surface area (Å²) in [6, 6.07) is 13.6. The van der Waals surface area contributed by atoms with Gasteiger partial charge in [0.15, 0.2) is 11.6 Å². The van der Waals surface area contributed by atoms with Crippen LogP contribution in [0.15, 0.2) is 72.6 Å². The molecule has 2 aromatic carbocycles. The van der Waals surface area contributed by atoms with E-state index in [4.69, 9.17) is 9.47 Å². The maximum Gasteiger partial charge on any atom is 0.295 e. The summed E-state index contributed by atoms with van der Waals surface area (Å²) in [6.45, 7) is 2.82. The highest BCUT2D eigenvalue weighted by atomic mass is 19.1. The summed E-state index contributed by atoms with van der Waals surface area (Å²) < 4.78 is 25.2. The molecule has 1 aromatic heterocycles. The van der Waals surface area contributed by atoms with Crippen LogP contribution in [-0.2, 0) is 16.1 Å². The van der Waals surface area contributed by atoms with Crippen molar-refractivity contribution in [3.63, 3.8) is 0 Å². The highest BCUT2D eigenvalue weighted by molar-refractivity contribution is 6.46. The molecule has 1 atom stereocenters. The molecule has 1 aliphatic heterocycles. The SMILES string of the molecule is CCCCCOc1ccc(C2/C(=C(\O)c3ccc(OC)c(F)c3)C(=O)C(=O)N2Cc2cccnc2)cc1. The number of hydrogen-bond acceptors (Lipinski definition) is 6.